The second-order valence-electron chi connectivity index (χ2n) is 7.02. The first-order valence-corrected chi connectivity index (χ1v) is 8.20. The number of aliphatic hydroxyl groups is 1. The predicted molar refractivity (Wildman–Crippen MR) is 88.8 cm³/mol. The molecule has 0 fully saturated rings. The Hall–Kier alpha value is -1.34. The standard InChI is InChI=1S/C20H26O/c1-15-9-10-19(21)18(13-15)16-7-6-8-17(14-16)20(2)11-4-3-5-12-20/h3-5,8-11,14-15,18-19,21H,6-7,12-13H2,1-2H3. The van der Waals surface area contributed by atoms with Crippen LogP contribution in [0, 0.1) is 17.3 Å². The fourth-order valence-corrected chi connectivity index (χ4v) is 3.78. The zero-order chi connectivity index (χ0) is 14.9. The lowest BCUT2D eigenvalue weighted by Gasteiger charge is -2.35. The molecule has 3 rings (SSSR count). The van der Waals surface area contributed by atoms with E-state index in [1.54, 1.807) is 0 Å². The molecule has 21 heavy (non-hydrogen) atoms. The van der Waals surface area contributed by atoms with Gasteiger partial charge in [-0.25, -0.2) is 0 Å². The Bertz CT molecular complexity index is 546. The van der Waals surface area contributed by atoms with Crippen molar-refractivity contribution in [2.75, 3.05) is 0 Å². The Balaban J connectivity index is 1.84. The molecule has 0 aliphatic heterocycles. The van der Waals surface area contributed by atoms with Crippen LogP contribution in [0.15, 0.2) is 59.8 Å². The Morgan fingerprint density at radius 3 is 2.86 bits per heavy atom. The number of allylic oxidation sites excluding steroid dienone is 8. The van der Waals surface area contributed by atoms with Crippen LogP contribution in [-0.4, -0.2) is 11.2 Å². The summed E-state index contributed by atoms with van der Waals surface area (Å²) in [7, 11) is 0. The molecule has 0 bridgehead atoms. The van der Waals surface area contributed by atoms with Crippen LogP contribution in [-0.2, 0) is 0 Å². The summed E-state index contributed by atoms with van der Waals surface area (Å²) in [5, 5.41) is 10.3. The molecule has 1 heteroatoms. The van der Waals surface area contributed by atoms with E-state index >= 15 is 0 Å². The molecule has 1 N–H and O–H groups in total. The van der Waals surface area contributed by atoms with Gasteiger partial charge in [0.15, 0.2) is 0 Å². The Morgan fingerprint density at radius 1 is 1.24 bits per heavy atom. The number of hydrogen-bond donors (Lipinski definition) is 1. The van der Waals surface area contributed by atoms with Crippen molar-refractivity contribution in [2.45, 2.75) is 45.6 Å². The van der Waals surface area contributed by atoms with Gasteiger partial charge in [0, 0.05) is 11.3 Å². The van der Waals surface area contributed by atoms with Crippen LogP contribution < -0.4 is 0 Å². The second kappa shape index (κ2) is 5.81. The van der Waals surface area contributed by atoms with Crippen molar-refractivity contribution in [3.05, 3.63) is 59.8 Å². The summed E-state index contributed by atoms with van der Waals surface area (Å²) in [5.74, 6) is 0.877. The van der Waals surface area contributed by atoms with Crippen molar-refractivity contribution in [1.29, 1.82) is 0 Å². The molecule has 0 spiro atoms. The van der Waals surface area contributed by atoms with Crippen molar-refractivity contribution < 1.29 is 5.11 Å². The van der Waals surface area contributed by atoms with Crippen molar-refractivity contribution in [2.24, 2.45) is 17.3 Å². The minimum absolute atomic E-state index is 0.126. The molecule has 0 aromatic heterocycles. The summed E-state index contributed by atoms with van der Waals surface area (Å²) in [6.07, 6.45) is 21.8. The first-order chi connectivity index (χ1) is 10.1. The fourth-order valence-electron chi connectivity index (χ4n) is 3.78. The maximum atomic E-state index is 10.3. The van der Waals surface area contributed by atoms with E-state index in [0.717, 1.165) is 25.7 Å². The van der Waals surface area contributed by atoms with Crippen LogP contribution in [0.3, 0.4) is 0 Å². The van der Waals surface area contributed by atoms with E-state index in [1.165, 1.54) is 11.1 Å². The Labute approximate surface area is 128 Å². The van der Waals surface area contributed by atoms with Gasteiger partial charge in [0.25, 0.3) is 0 Å². The summed E-state index contributed by atoms with van der Waals surface area (Å²) < 4.78 is 0. The first-order valence-electron chi connectivity index (χ1n) is 8.20. The molecule has 0 aromatic carbocycles. The lowest BCUT2D eigenvalue weighted by molar-refractivity contribution is 0.148. The molecular weight excluding hydrogens is 256 g/mol. The summed E-state index contributed by atoms with van der Waals surface area (Å²) in [6, 6.07) is 0. The van der Waals surface area contributed by atoms with Crippen LogP contribution in [0.5, 0.6) is 0 Å². The second-order valence-corrected chi connectivity index (χ2v) is 7.02. The van der Waals surface area contributed by atoms with Gasteiger partial charge in [0.05, 0.1) is 6.10 Å². The van der Waals surface area contributed by atoms with Crippen molar-refractivity contribution in [3.63, 3.8) is 0 Å². The molecule has 3 aliphatic rings. The van der Waals surface area contributed by atoms with Crippen molar-refractivity contribution >= 4 is 0 Å². The predicted octanol–water partition coefficient (Wildman–Crippen LogP) is 4.73. The Kier molecular flexibility index (Phi) is 4.03. The fraction of sp³-hybridized carbons (Fsp3) is 0.500. The van der Waals surface area contributed by atoms with Crippen molar-refractivity contribution in [1.82, 2.24) is 0 Å². The number of aliphatic hydroxyl groups excluding tert-OH is 1. The SMILES string of the molecule is CC1C=CC(O)C(C2=CC(C3(C)C=CC=CC3)=CCC2)C1. The molecular formula is C20H26O. The number of hydrogen-bond acceptors (Lipinski definition) is 1. The molecule has 3 aliphatic carbocycles. The molecule has 0 saturated heterocycles. The third kappa shape index (κ3) is 2.98. The van der Waals surface area contributed by atoms with Crippen molar-refractivity contribution in [3.8, 4) is 0 Å². The van der Waals surface area contributed by atoms with Gasteiger partial charge in [-0.1, -0.05) is 68.0 Å². The minimum Gasteiger partial charge on any atom is -0.388 e. The van der Waals surface area contributed by atoms with E-state index in [-0.39, 0.29) is 11.5 Å². The molecule has 0 aromatic rings. The van der Waals surface area contributed by atoms with E-state index in [4.69, 9.17) is 0 Å². The molecule has 4 atom stereocenters. The molecule has 1 nitrogen and oxygen atoms in total. The Morgan fingerprint density at radius 2 is 2.10 bits per heavy atom. The molecule has 0 heterocycles. The molecule has 112 valence electrons. The quantitative estimate of drug-likeness (QED) is 0.726. The lowest BCUT2D eigenvalue weighted by atomic mass is 9.71. The van der Waals surface area contributed by atoms with Gasteiger partial charge in [0.2, 0.25) is 0 Å². The highest BCUT2D eigenvalue weighted by molar-refractivity contribution is 5.40. The molecule has 4 unspecified atom stereocenters. The topological polar surface area (TPSA) is 20.2 Å². The summed E-state index contributed by atoms with van der Waals surface area (Å²) >= 11 is 0. The zero-order valence-electron chi connectivity index (χ0n) is 13.1. The van der Waals surface area contributed by atoms with Gasteiger partial charge < -0.3 is 5.11 Å². The van der Waals surface area contributed by atoms with Gasteiger partial charge in [0.1, 0.15) is 0 Å². The van der Waals surface area contributed by atoms with Gasteiger partial charge in [-0.3, -0.25) is 0 Å². The van der Waals surface area contributed by atoms with Gasteiger partial charge in [-0.05, 0) is 37.2 Å². The molecule has 0 amide bonds. The molecule has 0 saturated carbocycles. The smallest absolute Gasteiger partial charge is 0.0786 e. The maximum absolute atomic E-state index is 10.3. The number of rotatable bonds is 2. The van der Waals surface area contributed by atoms with Crippen LogP contribution >= 0.6 is 0 Å². The summed E-state index contributed by atoms with van der Waals surface area (Å²) in [5.41, 5.74) is 3.00. The highest BCUT2D eigenvalue weighted by Gasteiger charge is 2.30. The van der Waals surface area contributed by atoms with E-state index in [0.29, 0.717) is 11.8 Å². The monoisotopic (exact) mass is 282 g/mol. The third-order valence-corrected chi connectivity index (χ3v) is 5.20. The van der Waals surface area contributed by atoms with Crippen LogP contribution in [0.1, 0.15) is 39.5 Å². The van der Waals surface area contributed by atoms with Crippen LogP contribution in [0.4, 0.5) is 0 Å². The maximum Gasteiger partial charge on any atom is 0.0786 e. The zero-order valence-corrected chi connectivity index (χ0v) is 13.1. The van der Waals surface area contributed by atoms with Gasteiger partial charge in [-0.2, -0.15) is 0 Å². The van der Waals surface area contributed by atoms with E-state index in [2.05, 4.69) is 56.4 Å². The first kappa shape index (κ1) is 14.6. The molecule has 0 radical (unpaired) electrons. The van der Waals surface area contributed by atoms with E-state index in [9.17, 15) is 5.11 Å². The van der Waals surface area contributed by atoms with E-state index < -0.39 is 0 Å². The highest BCUT2D eigenvalue weighted by atomic mass is 16.3. The highest BCUT2D eigenvalue weighted by Crippen LogP contribution is 2.42. The average Bonchev–Trinajstić information content (AvgIpc) is 2.51. The summed E-state index contributed by atoms with van der Waals surface area (Å²) in [6.45, 7) is 4.56. The van der Waals surface area contributed by atoms with Crippen LogP contribution in [0.25, 0.3) is 0 Å². The minimum atomic E-state index is -0.304. The van der Waals surface area contributed by atoms with Gasteiger partial charge in [-0.15, -0.1) is 0 Å². The van der Waals surface area contributed by atoms with Crippen LogP contribution in [0.2, 0.25) is 0 Å². The normalized spacial score (nSPS) is 39.1. The lowest BCUT2D eigenvalue weighted by Crippen LogP contribution is -2.27. The van der Waals surface area contributed by atoms with Gasteiger partial charge >= 0.3 is 0 Å². The largest absolute Gasteiger partial charge is 0.388 e. The average molecular weight is 282 g/mol. The third-order valence-electron chi connectivity index (χ3n) is 5.20. The summed E-state index contributed by atoms with van der Waals surface area (Å²) in [4.78, 5) is 0. The van der Waals surface area contributed by atoms with E-state index in [1.807, 2.05) is 6.08 Å².